The number of pyridine rings is 1. The minimum Gasteiger partial charge on any atom is -0.497 e. The molecule has 0 saturated carbocycles. The highest BCUT2D eigenvalue weighted by atomic mass is 32.1. The van der Waals surface area contributed by atoms with Crippen LogP contribution in [0.2, 0.25) is 0 Å². The molecule has 4 heterocycles. The average Bonchev–Trinajstić information content (AvgIpc) is 3.39. The smallest absolute Gasteiger partial charge is 0.213 e. The molecule has 0 amide bonds. The summed E-state index contributed by atoms with van der Waals surface area (Å²) in [6.45, 7) is 0. The first-order chi connectivity index (χ1) is 13.7. The third kappa shape index (κ3) is 2.53. The minimum absolute atomic E-state index is 0.743. The Morgan fingerprint density at radius 2 is 1.93 bits per heavy atom. The number of hydrogen-bond donors (Lipinski definition) is 0. The van der Waals surface area contributed by atoms with E-state index in [4.69, 9.17) is 19.6 Å². The molecule has 0 radical (unpaired) electrons. The van der Waals surface area contributed by atoms with Gasteiger partial charge in [-0.05, 0) is 30.3 Å². The zero-order valence-electron chi connectivity index (χ0n) is 15.6. The Bertz CT molecular complexity index is 1290. The summed E-state index contributed by atoms with van der Waals surface area (Å²) in [5.74, 6) is 1.50. The zero-order valence-corrected chi connectivity index (χ0v) is 16.4. The van der Waals surface area contributed by atoms with Gasteiger partial charge in [0.25, 0.3) is 0 Å². The highest BCUT2D eigenvalue weighted by Gasteiger charge is 2.17. The van der Waals surface area contributed by atoms with Crippen molar-refractivity contribution in [1.29, 1.82) is 0 Å². The summed E-state index contributed by atoms with van der Waals surface area (Å²) in [6, 6.07) is 9.67. The fourth-order valence-corrected chi connectivity index (χ4v) is 4.24. The maximum Gasteiger partial charge on any atom is 0.213 e. The van der Waals surface area contributed by atoms with Crippen LogP contribution < -0.4 is 9.47 Å². The Hall–Kier alpha value is -3.39. The van der Waals surface area contributed by atoms with Gasteiger partial charge in [0, 0.05) is 36.0 Å². The van der Waals surface area contributed by atoms with Gasteiger partial charge in [-0.3, -0.25) is 0 Å². The molecule has 0 aliphatic carbocycles. The largest absolute Gasteiger partial charge is 0.497 e. The van der Waals surface area contributed by atoms with Gasteiger partial charge in [-0.1, -0.05) is 11.3 Å². The summed E-state index contributed by atoms with van der Waals surface area (Å²) >= 11 is 1.55. The van der Waals surface area contributed by atoms with Gasteiger partial charge in [0.05, 0.1) is 26.1 Å². The summed E-state index contributed by atoms with van der Waals surface area (Å²) in [7, 11) is 5.28. The summed E-state index contributed by atoms with van der Waals surface area (Å²) in [5.41, 5.74) is 3.66. The first-order valence-electron chi connectivity index (χ1n) is 8.67. The maximum absolute atomic E-state index is 5.48. The third-order valence-electron chi connectivity index (χ3n) is 4.69. The van der Waals surface area contributed by atoms with Gasteiger partial charge in [0.1, 0.15) is 22.2 Å². The van der Waals surface area contributed by atoms with E-state index in [1.54, 1.807) is 31.8 Å². The average molecular weight is 391 g/mol. The molecule has 4 aromatic heterocycles. The van der Waals surface area contributed by atoms with Crippen molar-refractivity contribution in [2.75, 3.05) is 14.2 Å². The minimum atomic E-state index is 0.743. The van der Waals surface area contributed by atoms with E-state index in [1.807, 2.05) is 46.6 Å². The van der Waals surface area contributed by atoms with Crippen LogP contribution >= 0.6 is 11.3 Å². The second-order valence-corrected chi connectivity index (χ2v) is 7.31. The Morgan fingerprint density at radius 1 is 1.04 bits per heavy atom. The molecule has 5 rings (SSSR count). The standard InChI is InChI=1S/C20H17N5O2S/c1-24-10-15(13-5-4-8-21-18(13)24)19-23-25-11-16(22-20(25)28-19)14-9-12(26-2)6-7-17(14)27-3/h4-11H,1-3H3. The second-order valence-electron chi connectivity index (χ2n) is 6.35. The molecule has 1 aromatic carbocycles. The van der Waals surface area contributed by atoms with Crippen molar-refractivity contribution in [1.82, 2.24) is 24.1 Å². The number of methoxy groups -OCH3 is 2. The fourth-order valence-electron chi connectivity index (χ4n) is 3.34. The van der Waals surface area contributed by atoms with Gasteiger partial charge in [0.2, 0.25) is 4.96 Å². The Labute approximate surface area is 164 Å². The van der Waals surface area contributed by atoms with Crippen molar-refractivity contribution in [2.24, 2.45) is 7.05 Å². The lowest BCUT2D eigenvalue weighted by Gasteiger charge is -2.08. The van der Waals surface area contributed by atoms with Crippen LogP contribution in [0.3, 0.4) is 0 Å². The van der Waals surface area contributed by atoms with Crippen LogP contribution in [-0.4, -0.2) is 38.4 Å². The van der Waals surface area contributed by atoms with E-state index in [9.17, 15) is 0 Å². The van der Waals surface area contributed by atoms with Crippen molar-refractivity contribution in [3.63, 3.8) is 0 Å². The molecule has 28 heavy (non-hydrogen) atoms. The van der Waals surface area contributed by atoms with Crippen molar-refractivity contribution in [3.8, 4) is 33.3 Å². The van der Waals surface area contributed by atoms with Crippen LogP contribution in [0.1, 0.15) is 0 Å². The molecule has 8 heteroatoms. The number of nitrogens with zero attached hydrogens (tertiary/aromatic N) is 5. The molecule has 0 fully saturated rings. The molecule has 0 unspecified atom stereocenters. The molecule has 5 aromatic rings. The highest BCUT2D eigenvalue weighted by Crippen LogP contribution is 2.36. The van der Waals surface area contributed by atoms with E-state index in [0.717, 1.165) is 49.3 Å². The van der Waals surface area contributed by atoms with E-state index >= 15 is 0 Å². The van der Waals surface area contributed by atoms with E-state index in [0.29, 0.717) is 0 Å². The van der Waals surface area contributed by atoms with Gasteiger partial charge < -0.3 is 14.0 Å². The molecule has 140 valence electrons. The highest BCUT2D eigenvalue weighted by molar-refractivity contribution is 7.20. The lowest BCUT2D eigenvalue weighted by Crippen LogP contribution is -1.90. The number of aryl methyl sites for hydroxylation is 1. The van der Waals surface area contributed by atoms with Crippen LogP contribution in [0.25, 0.3) is 37.8 Å². The van der Waals surface area contributed by atoms with Gasteiger partial charge in [-0.2, -0.15) is 5.10 Å². The molecule has 0 bridgehead atoms. The van der Waals surface area contributed by atoms with Crippen molar-refractivity contribution in [3.05, 3.63) is 48.9 Å². The summed E-state index contributed by atoms with van der Waals surface area (Å²) in [4.78, 5) is 10.0. The normalized spacial score (nSPS) is 11.4. The number of hydrogen-bond acceptors (Lipinski definition) is 6. The first kappa shape index (κ1) is 16.8. The SMILES string of the molecule is COc1ccc(OC)c(-c2cn3nc(-c4cn(C)c5ncccc45)sc3n2)c1. The molecule has 0 N–H and O–H groups in total. The zero-order chi connectivity index (χ0) is 19.3. The first-order valence-corrected chi connectivity index (χ1v) is 9.48. The molecule has 0 spiro atoms. The van der Waals surface area contributed by atoms with Crippen LogP contribution in [0.4, 0.5) is 0 Å². The monoisotopic (exact) mass is 391 g/mol. The second kappa shape index (κ2) is 6.35. The van der Waals surface area contributed by atoms with Gasteiger partial charge in [-0.15, -0.1) is 0 Å². The lowest BCUT2D eigenvalue weighted by molar-refractivity contribution is 0.404. The predicted octanol–water partition coefficient (Wildman–Crippen LogP) is 4.03. The Balaban J connectivity index is 1.61. The maximum atomic E-state index is 5.48. The molecular weight excluding hydrogens is 374 g/mol. The summed E-state index contributed by atoms with van der Waals surface area (Å²) in [5, 5.41) is 6.74. The quantitative estimate of drug-likeness (QED) is 0.463. The Kier molecular flexibility index (Phi) is 3.80. The van der Waals surface area contributed by atoms with Crippen molar-refractivity contribution < 1.29 is 9.47 Å². The van der Waals surface area contributed by atoms with Crippen LogP contribution in [0.5, 0.6) is 11.5 Å². The molecule has 0 atom stereocenters. The third-order valence-corrected chi connectivity index (χ3v) is 5.65. The van der Waals surface area contributed by atoms with E-state index in [2.05, 4.69) is 17.2 Å². The topological polar surface area (TPSA) is 66.5 Å². The van der Waals surface area contributed by atoms with Crippen molar-refractivity contribution in [2.45, 2.75) is 0 Å². The number of fused-ring (bicyclic) bond motifs is 2. The molecule has 7 nitrogen and oxygen atoms in total. The lowest BCUT2D eigenvalue weighted by atomic mass is 10.1. The molecule has 0 aliphatic rings. The number of benzene rings is 1. The van der Waals surface area contributed by atoms with Crippen molar-refractivity contribution >= 4 is 27.3 Å². The molecular formula is C20H17N5O2S. The predicted molar refractivity (Wildman–Crippen MR) is 109 cm³/mol. The Morgan fingerprint density at radius 3 is 2.71 bits per heavy atom. The van der Waals surface area contributed by atoms with Gasteiger partial charge >= 0.3 is 0 Å². The molecule has 0 aliphatic heterocycles. The summed E-state index contributed by atoms with van der Waals surface area (Å²) < 4.78 is 14.6. The number of rotatable bonds is 4. The van der Waals surface area contributed by atoms with Gasteiger partial charge in [-0.25, -0.2) is 14.5 Å². The number of ether oxygens (including phenoxy) is 2. The van der Waals surface area contributed by atoms with Crippen LogP contribution in [0.15, 0.2) is 48.9 Å². The number of aromatic nitrogens is 5. The van der Waals surface area contributed by atoms with E-state index < -0.39 is 0 Å². The summed E-state index contributed by atoms with van der Waals surface area (Å²) in [6.07, 6.45) is 5.77. The molecule has 0 saturated heterocycles. The number of imidazole rings is 1. The van der Waals surface area contributed by atoms with E-state index in [-0.39, 0.29) is 0 Å². The van der Waals surface area contributed by atoms with E-state index in [1.165, 1.54) is 0 Å². The van der Waals surface area contributed by atoms with Crippen LogP contribution in [-0.2, 0) is 7.05 Å². The fraction of sp³-hybridized carbons (Fsp3) is 0.150. The van der Waals surface area contributed by atoms with Gasteiger partial charge in [0.15, 0.2) is 0 Å². The van der Waals surface area contributed by atoms with Crippen LogP contribution in [0, 0.1) is 0 Å².